The highest BCUT2D eigenvalue weighted by atomic mass is 19.1. The van der Waals surface area contributed by atoms with Crippen molar-refractivity contribution in [2.24, 2.45) is 0 Å². The van der Waals surface area contributed by atoms with E-state index in [4.69, 9.17) is 4.74 Å². The summed E-state index contributed by atoms with van der Waals surface area (Å²) in [5.74, 6) is 0.00112. The van der Waals surface area contributed by atoms with E-state index in [2.05, 4.69) is 17.1 Å². The molecule has 0 bridgehead atoms. The number of likely N-dealkylation sites (tertiary alicyclic amines) is 1. The third-order valence-electron chi connectivity index (χ3n) is 3.75. The van der Waals surface area contributed by atoms with E-state index in [0.29, 0.717) is 5.75 Å². The molecule has 1 aliphatic heterocycles. The van der Waals surface area contributed by atoms with Gasteiger partial charge in [0, 0.05) is 19.1 Å². The molecular formula is C15H23FN2O. The van der Waals surface area contributed by atoms with E-state index in [1.54, 1.807) is 12.1 Å². The van der Waals surface area contributed by atoms with Crippen LogP contribution in [-0.2, 0) is 0 Å². The van der Waals surface area contributed by atoms with E-state index >= 15 is 0 Å². The van der Waals surface area contributed by atoms with Crippen molar-refractivity contribution >= 4 is 0 Å². The van der Waals surface area contributed by atoms with Crippen LogP contribution in [0.3, 0.4) is 0 Å². The first-order valence-electron chi connectivity index (χ1n) is 7.00. The predicted octanol–water partition coefficient (Wildman–Crippen LogP) is 2.58. The number of hydrogen-bond acceptors (Lipinski definition) is 3. The van der Waals surface area contributed by atoms with Crippen molar-refractivity contribution in [1.82, 2.24) is 10.2 Å². The molecule has 1 unspecified atom stereocenters. The van der Waals surface area contributed by atoms with Gasteiger partial charge in [0.25, 0.3) is 0 Å². The fourth-order valence-electron chi connectivity index (χ4n) is 2.52. The topological polar surface area (TPSA) is 24.5 Å². The molecule has 0 amide bonds. The highest BCUT2D eigenvalue weighted by Gasteiger charge is 2.12. The Labute approximate surface area is 114 Å². The van der Waals surface area contributed by atoms with Gasteiger partial charge in [-0.05, 0) is 50.6 Å². The number of rotatable bonds is 6. The molecule has 1 saturated heterocycles. The molecule has 1 aliphatic rings. The van der Waals surface area contributed by atoms with Crippen LogP contribution in [0.1, 0.15) is 31.4 Å². The quantitative estimate of drug-likeness (QED) is 0.856. The van der Waals surface area contributed by atoms with Crippen molar-refractivity contribution in [2.45, 2.75) is 25.8 Å². The molecule has 0 saturated carbocycles. The lowest BCUT2D eigenvalue weighted by Gasteiger charge is -2.19. The Kier molecular flexibility index (Phi) is 5.16. The van der Waals surface area contributed by atoms with Crippen LogP contribution in [0, 0.1) is 5.82 Å². The second kappa shape index (κ2) is 6.87. The second-order valence-electron chi connectivity index (χ2n) is 5.12. The number of ether oxygens (including phenoxy) is 1. The fourth-order valence-corrected chi connectivity index (χ4v) is 2.52. The molecule has 4 heteroatoms. The maximum atomic E-state index is 13.6. The summed E-state index contributed by atoms with van der Waals surface area (Å²) in [5.41, 5.74) is 0.958. The van der Waals surface area contributed by atoms with Crippen LogP contribution in [0.5, 0.6) is 5.75 Å². The first-order valence-corrected chi connectivity index (χ1v) is 7.00. The van der Waals surface area contributed by atoms with Gasteiger partial charge in [0.15, 0.2) is 11.6 Å². The summed E-state index contributed by atoms with van der Waals surface area (Å²) in [5, 5.41) is 3.44. The lowest BCUT2D eigenvalue weighted by Crippen LogP contribution is -2.31. The summed E-state index contributed by atoms with van der Waals surface area (Å²) >= 11 is 0. The summed E-state index contributed by atoms with van der Waals surface area (Å²) in [6.07, 6.45) is 2.64. The number of nitrogens with one attached hydrogen (secondary N) is 1. The Morgan fingerprint density at radius 2 is 2.11 bits per heavy atom. The zero-order valence-electron chi connectivity index (χ0n) is 11.8. The summed E-state index contributed by atoms with van der Waals surface area (Å²) in [6, 6.07) is 5.30. The van der Waals surface area contributed by atoms with Gasteiger partial charge in [-0.1, -0.05) is 6.07 Å². The van der Waals surface area contributed by atoms with Crippen molar-refractivity contribution in [2.75, 3.05) is 33.3 Å². The second-order valence-corrected chi connectivity index (χ2v) is 5.12. The van der Waals surface area contributed by atoms with Crippen LogP contribution in [-0.4, -0.2) is 38.2 Å². The highest BCUT2D eigenvalue weighted by molar-refractivity contribution is 5.30. The van der Waals surface area contributed by atoms with Gasteiger partial charge in [-0.25, -0.2) is 4.39 Å². The average molecular weight is 266 g/mol. The first kappa shape index (κ1) is 14.3. The summed E-state index contributed by atoms with van der Waals surface area (Å²) in [6.45, 7) is 6.50. The van der Waals surface area contributed by atoms with Crippen LogP contribution in [0.15, 0.2) is 18.2 Å². The van der Waals surface area contributed by atoms with Crippen LogP contribution in [0.4, 0.5) is 4.39 Å². The zero-order valence-corrected chi connectivity index (χ0v) is 11.8. The maximum Gasteiger partial charge on any atom is 0.165 e. The van der Waals surface area contributed by atoms with Crippen molar-refractivity contribution in [3.8, 4) is 5.75 Å². The Hall–Kier alpha value is -1.13. The summed E-state index contributed by atoms with van der Waals surface area (Å²) < 4.78 is 18.5. The van der Waals surface area contributed by atoms with Gasteiger partial charge in [0.1, 0.15) is 0 Å². The van der Waals surface area contributed by atoms with Gasteiger partial charge in [0.05, 0.1) is 7.11 Å². The molecule has 106 valence electrons. The van der Waals surface area contributed by atoms with E-state index in [0.717, 1.165) is 18.7 Å². The van der Waals surface area contributed by atoms with E-state index in [-0.39, 0.29) is 11.9 Å². The Morgan fingerprint density at radius 3 is 2.74 bits per heavy atom. The van der Waals surface area contributed by atoms with Gasteiger partial charge in [-0.15, -0.1) is 0 Å². The lowest BCUT2D eigenvalue weighted by atomic mass is 10.1. The minimum absolute atomic E-state index is 0.156. The number of hydrogen-bond donors (Lipinski definition) is 1. The minimum atomic E-state index is -0.298. The van der Waals surface area contributed by atoms with E-state index in [1.807, 2.05) is 6.07 Å². The van der Waals surface area contributed by atoms with Gasteiger partial charge in [0.2, 0.25) is 0 Å². The standard InChI is InChI=1S/C15H23FN2O/c1-12(17-7-10-18-8-3-4-9-18)13-5-6-15(19-2)14(16)11-13/h5-6,11-12,17H,3-4,7-10H2,1-2H3. The van der Waals surface area contributed by atoms with Crippen molar-refractivity contribution in [3.63, 3.8) is 0 Å². The van der Waals surface area contributed by atoms with E-state index in [1.165, 1.54) is 33.0 Å². The van der Waals surface area contributed by atoms with Crippen molar-refractivity contribution in [3.05, 3.63) is 29.6 Å². The Balaban J connectivity index is 1.81. The molecule has 3 nitrogen and oxygen atoms in total. The molecule has 1 N–H and O–H groups in total. The van der Waals surface area contributed by atoms with Gasteiger partial charge in [-0.2, -0.15) is 0 Å². The van der Waals surface area contributed by atoms with Crippen molar-refractivity contribution in [1.29, 1.82) is 0 Å². The molecule has 0 spiro atoms. The molecule has 1 aromatic rings. The van der Waals surface area contributed by atoms with Crippen LogP contribution < -0.4 is 10.1 Å². The maximum absolute atomic E-state index is 13.6. The van der Waals surface area contributed by atoms with Gasteiger partial charge >= 0.3 is 0 Å². The molecule has 1 aromatic carbocycles. The minimum Gasteiger partial charge on any atom is -0.494 e. The number of halogens is 1. The number of benzene rings is 1. The van der Waals surface area contributed by atoms with Gasteiger partial charge < -0.3 is 15.0 Å². The molecule has 0 aromatic heterocycles. The molecule has 2 rings (SSSR count). The molecule has 0 aliphatic carbocycles. The number of nitrogens with zero attached hydrogens (tertiary/aromatic N) is 1. The monoisotopic (exact) mass is 266 g/mol. The predicted molar refractivity (Wildman–Crippen MR) is 75.0 cm³/mol. The van der Waals surface area contributed by atoms with Crippen LogP contribution in [0.2, 0.25) is 0 Å². The van der Waals surface area contributed by atoms with Crippen LogP contribution >= 0.6 is 0 Å². The Morgan fingerprint density at radius 1 is 1.37 bits per heavy atom. The molecule has 1 fully saturated rings. The SMILES string of the molecule is COc1ccc(C(C)NCCN2CCCC2)cc1F. The lowest BCUT2D eigenvalue weighted by molar-refractivity contribution is 0.329. The third-order valence-corrected chi connectivity index (χ3v) is 3.75. The molecule has 1 atom stereocenters. The number of methoxy groups -OCH3 is 1. The Bertz CT molecular complexity index is 405. The largest absolute Gasteiger partial charge is 0.494 e. The molecular weight excluding hydrogens is 243 g/mol. The normalized spacial score (nSPS) is 17.6. The summed E-state index contributed by atoms with van der Waals surface area (Å²) in [4.78, 5) is 2.47. The van der Waals surface area contributed by atoms with Crippen molar-refractivity contribution < 1.29 is 9.13 Å². The zero-order chi connectivity index (χ0) is 13.7. The van der Waals surface area contributed by atoms with Crippen LogP contribution in [0.25, 0.3) is 0 Å². The molecule has 19 heavy (non-hydrogen) atoms. The third kappa shape index (κ3) is 3.91. The first-order chi connectivity index (χ1) is 9.20. The van der Waals surface area contributed by atoms with E-state index in [9.17, 15) is 4.39 Å². The molecule has 0 radical (unpaired) electrons. The highest BCUT2D eigenvalue weighted by Crippen LogP contribution is 2.21. The van der Waals surface area contributed by atoms with E-state index < -0.39 is 0 Å². The molecule has 1 heterocycles. The average Bonchev–Trinajstić information content (AvgIpc) is 2.91. The fraction of sp³-hybridized carbons (Fsp3) is 0.600. The summed E-state index contributed by atoms with van der Waals surface area (Å²) in [7, 11) is 1.48. The smallest absolute Gasteiger partial charge is 0.165 e. The van der Waals surface area contributed by atoms with Gasteiger partial charge in [-0.3, -0.25) is 0 Å².